The molecule has 0 heterocycles. The summed E-state index contributed by atoms with van der Waals surface area (Å²) in [6, 6.07) is 6.58. The number of nitrogens with one attached hydrogen (secondary N) is 2. The maximum atomic E-state index is 11.3. The largest absolute Gasteiger partial charge is 0.325 e. The van der Waals surface area contributed by atoms with Gasteiger partial charge in [0.05, 0.1) is 12.8 Å². The van der Waals surface area contributed by atoms with Gasteiger partial charge in [-0.2, -0.15) is 0 Å². The van der Waals surface area contributed by atoms with E-state index in [4.69, 9.17) is 11.6 Å². The highest BCUT2D eigenvalue weighted by Gasteiger charge is 2.06. The third kappa shape index (κ3) is 5.11. The Balaban J connectivity index is 2.52. The van der Waals surface area contributed by atoms with Crippen LogP contribution in [0.2, 0.25) is 5.02 Å². The number of carbonyl (C=O) groups is 1. The first kappa shape index (κ1) is 13.0. The summed E-state index contributed by atoms with van der Waals surface area (Å²) in [5, 5.41) is 3.00. The third-order valence-electron chi connectivity index (χ3n) is 1.60. The van der Waals surface area contributed by atoms with E-state index in [-0.39, 0.29) is 6.54 Å². The van der Waals surface area contributed by atoms with Crippen LogP contribution in [0.3, 0.4) is 0 Å². The molecule has 2 N–H and O–H groups in total. The molecule has 5 nitrogen and oxygen atoms in total. The number of carbonyl (C=O) groups excluding carboxylic acids is 1. The first-order valence-electron chi connectivity index (χ1n) is 4.37. The quantitative estimate of drug-likeness (QED) is 0.844. The van der Waals surface area contributed by atoms with E-state index in [2.05, 4.69) is 10.0 Å². The summed E-state index contributed by atoms with van der Waals surface area (Å²) in [5.41, 5.74) is 0.521. The third-order valence-corrected chi connectivity index (χ3v) is 2.51. The zero-order chi connectivity index (χ0) is 12.2. The number of rotatable bonds is 4. The lowest BCUT2D eigenvalue weighted by Gasteiger charge is -2.05. The van der Waals surface area contributed by atoms with Gasteiger partial charge in [-0.15, -0.1) is 0 Å². The fourth-order valence-corrected chi connectivity index (χ4v) is 1.55. The van der Waals surface area contributed by atoms with Crippen molar-refractivity contribution in [1.82, 2.24) is 4.72 Å². The predicted octanol–water partition coefficient (Wildman–Crippen LogP) is 0.828. The summed E-state index contributed by atoms with van der Waals surface area (Å²) in [5.74, 6) is -0.451. The Hall–Kier alpha value is -1.11. The van der Waals surface area contributed by atoms with E-state index in [0.717, 1.165) is 6.26 Å². The molecule has 1 amide bonds. The molecule has 0 radical (unpaired) electrons. The van der Waals surface area contributed by atoms with E-state index in [0.29, 0.717) is 10.7 Å². The van der Waals surface area contributed by atoms with Gasteiger partial charge in [-0.1, -0.05) is 17.7 Å². The summed E-state index contributed by atoms with van der Waals surface area (Å²) in [6.07, 6.45) is 0.986. The predicted molar refractivity (Wildman–Crippen MR) is 62.9 cm³/mol. The van der Waals surface area contributed by atoms with Crippen LogP contribution in [0.4, 0.5) is 5.69 Å². The van der Waals surface area contributed by atoms with Gasteiger partial charge in [0.25, 0.3) is 0 Å². The van der Waals surface area contributed by atoms with Crippen LogP contribution in [0.5, 0.6) is 0 Å². The molecule has 1 aromatic carbocycles. The highest BCUT2D eigenvalue weighted by atomic mass is 35.5. The molecule has 0 spiro atoms. The summed E-state index contributed by atoms with van der Waals surface area (Å²) >= 11 is 5.72. The SMILES string of the molecule is CS(=O)(=O)NCC(=O)Nc1cccc(Cl)c1. The lowest BCUT2D eigenvalue weighted by Crippen LogP contribution is -2.32. The Labute approximate surface area is 98.9 Å². The molecule has 0 unspecified atom stereocenters. The molecule has 0 atom stereocenters. The second kappa shape index (κ2) is 5.29. The van der Waals surface area contributed by atoms with Crippen molar-refractivity contribution in [3.05, 3.63) is 29.3 Å². The van der Waals surface area contributed by atoms with Crippen LogP contribution in [-0.2, 0) is 14.8 Å². The van der Waals surface area contributed by atoms with E-state index in [9.17, 15) is 13.2 Å². The average Bonchev–Trinajstić information content (AvgIpc) is 2.14. The number of amides is 1. The molecular formula is C9H11ClN2O3S. The molecule has 0 fully saturated rings. The van der Waals surface area contributed by atoms with Crippen molar-refractivity contribution in [2.75, 3.05) is 18.1 Å². The molecule has 16 heavy (non-hydrogen) atoms. The van der Waals surface area contributed by atoms with Crippen molar-refractivity contribution in [3.63, 3.8) is 0 Å². The first-order chi connectivity index (χ1) is 7.37. The zero-order valence-electron chi connectivity index (χ0n) is 8.53. The summed E-state index contributed by atoms with van der Waals surface area (Å²) in [7, 11) is -3.36. The highest BCUT2D eigenvalue weighted by molar-refractivity contribution is 7.88. The summed E-state index contributed by atoms with van der Waals surface area (Å²) in [4.78, 5) is 11.3. The second-order valence-electron chi connectivity index (χ2n) is 3.15. The molecule has 1 rings (SSSR count). The Morgan fingerprint density at radius 3 is 2.69 bits per heavy atom. The molecule has 0 aromatic heterocycles. The van der Waals surface area contributed by atoms with Crippen LogP contribution < -0.4 is 10.0 Å². The summed E-state index contributed by atoms with van der Waals surface area (Å²) in [6.45, 7) is -0.300. The van der Waals surface area contributed by atoms with Crippen LogP contribution in [-0.4, -0.2) is 27.1 Å². The summed E-state index contributed by atoms with van der Waals surface area (Å²) < 4.78 is 23.5. The van der Waals surface area contributed by atoms with Gasteiger partial charge in [0.1, 0.15) is 0 Å². The molecule has 88 valence electrons. The van der Waals surface area contributed by atoms with E-state index in [1.807, 2.05) is 0 Å². The normalized spacial score (nSPS) is 11.1. The van der Waals surface area contributed by atoms with Crippen molar-refractivity contribution in [3.8, 4) is 0 Å². The molecule has 0 aliphatic rings. The van der Waals surface area contributed by atoms with Crippen LogP contribution in [0.1, 0.15) is 0 Å². The van der Waals surface area contributed by atoms with Crippen molar-refractivity contribution < 1.29 is 13.2 Å². The lowest BCUT2D eigenvalue weighted by atomic mass is 10.3. The molecule has 0 bridgehead atoms. The minimum Gasteiger partial charge on any atom is -0.325 e. The molecule has 0 aliphatic carbocycles. The Bertz CT molecular complexity index is 487. The van der Waals surface area contributed by atoms with E-state index < -0.39 is 15.9 Å². The van der Waals surface area contributed by atoms with E-state index in [1.165, 1.54) is 0 Å². The van der Waals surface area contributed by atoms with Gasteiger partial charge in [-0.25, -0.2) is 13.1 Å². The minimum atomic E-state index is -3.36. The van der Waals surface area contributed by atoms with Crippen molar-refractivity contribution in [2.24, 2.45) is 0 Å². The lowest BCUT2D eigenvalue weighted by molar-refractivity contribution is -0.115. The second-order valence-corrected chi connectivity index (χ2v) is 5.42. The fourth-order valence-electron chi connectivity index (χ4n) is 0.968. The maximum absolute atomic E-state index is 11.3. The molecule has 7 heteroatoms. The Morgan fingerprint density at radius 2 is 2.12 bits per heavy atom. The van der Waals surface area contributed by atoms with Crippen LogP contribution >= 0.6 is 11.6 Å². The van der Waals surface area contributed by atoms with Gasteiger partial charge >= 0.3 is 0 Å². The van der Waals surface area contributed by atoms with Crippen LogP contribution in [0.15, 0.2) is 24.3 Å². The maximum Gasteiger partial charge on any atom is 0.239 e. The molecule has 1 aromatic rings. The van der Waals surface area contributed by atoms with Gasteiger partial charge < -0.3 is 5.32 Å². The first-order valence-corrected chi connectivity index (χ1v) is 6.64. The van der Waals surface area contributed by atoms with Gasteiger partial charge in [-0.3, -0.25) is 4.79 Å². The Kier molecular flexibility index (Phi) is 4.28. The van der Waals surface area contributed by atoms with Gasteiger partial charge in [0, 0.05) is 10.7 Å². The van der Waals surface area contributed by atoms with Gasteiger partial charge in [0.15, 0.2) is 0 Å². The van der Waals surface area contributed by atoms with Crippen molar-refractivity contribution in [2.45, 2.75) is 0 Å². The number of halogens is 1. The highest BCUT2D eigenvalue weighted by Crippen LogP contribution is 2.14. The molecule has 0 saturated heterocycles. The van der Waals surface area contributed by atoms with Gasteiger partial charge in [0.2, 0.25) is 15.9 Å². The van der Waals surface area contributed by atoms with Crippen molar-refractivity contribution >= 4 is 33.2 Å². The van der Waals surface area contributed by atoms with E-state index in [1.54, 1.807) is 24.3 Å². The monoisotopic (exact) mass is 262 g/mol. The fraction of sp³-hybridized carbons (Fsp3) is 0.222. The molecular weight excluding hydrogens is 252 g/mol. The number of hydrogen-bond acceptors (Lipinski definition) is 3. The number of benzene rings is 1. The van der Waals surface area contributed by atoms with E-state index >= 15 is 0 Å². The van der Waals surface area contributed by atoms with Gasteiger partial charge in [-0.05, 0) is 18.2 Å². The standard InChI is InChI=1S/C9H11ClN2O3S/c1-16(14,15)11-6-9(13)12-8-4-2-3-7(10)5-8/h2-5,11H,6H2,1H3,(H,12,13). The smallest absolute Gasteiger partial charge is 0.239 e. The minimum absolute atomic E-state index is 0.300. The average molecular weight is 263 g/mol. The van der Waals surface area contributed by atoms with Crippen LogP contribution in [0, 0.1) is 0 Å². The zero-order valence-corrected chi connectivity index (χ0v) is 10.1. The number of hydrogen-bond donors (Lipinski definition) is 2. The number of sulfonamides is 1. The molecule has 0 saturated carbocycles. The molecule has 0 aliphatic heterocycles. The topological polar surface area (TPSA) is 75.3 Å². The van der Waals surface area contributed by atoms with Crippen LogP contribution in [0.25, 0.3) is 0 Å². The Morgan fingerprint density at radius 1 is 1.44 bits per heavy atom. The van der Waals surface area contributed by atoms with Crippen molar-refractivity contribution in [1.29, 1.82) is 0 Å². The number of anilines is 1.